The molecule has 0 saturated carbocycles. The summed E-state index contributed by atoms with van der Waals surface area (Å²) in [5.74, 6) is 0.177. The molecular weight excluding hydrogens is 283 g/mol. The Balaban J connectivity index is 2.09. The van der Waals surface area contributed by atoms with Crippen LogP contribution in [0.4, 0.5) is 0 Å². The van der Waals surface area contributed by atoms with Crippen molar-refractivity contribution in [3.05, 3.63) is 33.8 Å². The molecule has 2 aliphatic heterocycles. The lowest BCUT2D eigenvalue weighted by Gasteiger charge is -2.29. The number of nitrogens with zero attached hydrogens (tertiary/aromatic N) is 1. The largest absolute Gasteiger partial charge is 0.347 e. The Morgan fingerprint density at radius 3 is 2.95 bits per heavy atom. The monoisotopic (exact) mass is 298 g/mol. The first kappa shape index (κ1) is 13.2. The number of benzene rings is 1. The van der Waals surface area contributed by atoms with Crippen LogP contribution in [-0.4, -0.2) is 29.5 Å². The van der Waals surface area contributed by atoms with E-state index in [1.54, 1.807) is 4.42 Å². The van der Waals surface area contributed by atoms with Crippen LogP contribution in [0.15, 0.2) is 12.1 Å². The second-order valence-electron chi connectivity index (χ2n) is 5.31. The SMILES string of the molecule is CCCc1cc(Cl)c2c(c1)[C@H]1CN(Cl)C[C@@H]1NC2=O. The van der Waals surface area contributed by atoms with Gasteiger partial charge >= 0.3 is 0 Å². The first-order valence-corrected chi connectivity index (χ1v) is 7.35. The summed E-state index contributed by atoms with van der Waals surface area (Å²) >= 11 is 12.4. The van der Waals surface area contributed by atoms with Crippen molar-refractivity contribution >= 4 is 29.3 Å². The number of amides is 1. The molecule has 0 spiro atoms. The smallest absolute Gasteiger partial charge is 0.253 e. The van der Waals surface area contributed by atoms with E-state index in [0.717, 1.165) is 24.9 Å². The molecule has 1 aromatic carbocycles. The van der Waals surface area contributed by atoms with Crippen LogP contribution in [0, 0.1) is 0 Å². The molecule has 102 valence electrons. The normalized spacial score (nSPS) is 25.9. The first-order valence-electron chi connectivity index (χ1n) is 6.64. The van der Waals surface area contributed by atoms with Crippen LogP contribution in [0.5, 0.6) is 0 Å². The van der Waals surface area contributed by atoms with Crippen LogP contribution in [-0.2, 0) is 6.42 Å². The van der Waals surface area contributed by atoms with Gasteiger partial charge in [0.15, 0.2) is 0 Å². The maximum atomic E-state index is 12.2. The topological polar surface area (TPSA) is 32.3 Å². The fourth-order valence-electron chi connectivity index (χ4n) is 3.11. The van der Waals surface area contributed by atoms with E-state index in [-0.39, 0.29) is 17.9 Å². The number of halogens is 2. The van der Waals surface area contributed by atoms with Gasteiger partial charge in [-0.15, -0.1) is 0 Å². The zero-order valence-electron chi connectivity index (χ0n) is 10.7. The Bertz CT molecular complexity index is 532. The van der Waals surface area contributed by atoms with E-state index in [9.17, 15) is 4.79 Å². The minimum atomic E-state index is -0.0729. The van der Waals surface area contributed by atoms with Gasteiger partial charge in [-0.25, -0.2) is 4.42 Å². The average molecular weight is 299 g/mol. The lowest BCUT2D eigenvalue weighted by Crippen LogP contribution is -2.44. The van der Waals surface area contributed by atoms with Crippen molar-refractivity contribution in [2.45, 2.75) is 31.7 Å². The number of carbonyl (C=O) groups is 1. The second kappa shape index (κ2) is 4.97. The molecule has 0 radical (unpaired) electrons. The van der Waals surface area contributed by atoms with E-state index < -0.39 is 0 Å². The van der Waals surface area contributed by atoms with Crippen molar-refractivity contribution < 1.29 is 4.79 Å². The third-order valence-electron chi connectivity index (χ3n) is 3.94. The van der Waals surface area contributed by atoms with Crippen LogP contribution in [0.3, 0.4) is 0 Å². The highest BCUT2D eigenvalue weighted by Crippen LogP contribution is 2.38. The van der Waals surface area contributed by atoms with E-state index in [1.807, 2.05) is 6.07 Å². The number of aryl methyl sites for hydroxylation is 1. The molecule has 3 rings (SSSR count). The lowest BCUT2D eigenvalue weighted by atomic mass is 9.85. The van der Waals surface area contributed by atoms with Gasteiger partial charge < -0.3 is 5.32 Å². The van der Waals surface area contributed by atoms with Crippen molar-refractivity contribution in [1.29, 1.82) is 0 Å². The number of rotatable bonds is 2. The number of hydrogen-bond donors (Lipinski definition) is 1. The van der Waals surface area contributed by atoms with Crippen LogP contribution in [0.2, 0.25) is 5.02 Å². The Morgan fingerprint density at radius 1 is 1.42 bits per heavy atom. The van der Waals surface area contributed by atoms with Crippen molar-refractivity contribution in [1.82, 2.24) is 9.74 Å². The van der Waals surface area contributed by atoms with Crippen LogP contribution < -0.4 is 5.32 Å². The maximum absolute atomic E-state index is 12.2. The fraction of sp³-hybridized carbons (Fsp3) is 0.500. The molecule has 1 N–H and O–H groups in total. The Morgan fingerprint density at radius 2 is 2.21 bits per heavy atom. The molecule has 0 aliphatic carbocycles. The minimum Gasteiger partial charge on any atom is -0.347 e. The Labute approximate surface area is 123 Å². The fourth-order valence-corrected chi connectivity index (χ4v) is 3.74. The standard InChI is InChI=1S/C14H16Cl2N2O/c1-2-3-8-4-9-10-6-18(16)7-12(10)17-14(19)13(9)11(15)5-8/h4-5,10,12H,2-3,6-7H2,1H3,(H,17,19)/t10-,12+/m1/s1. The number of fused-ring (bicyclic) bond motifs is 3. The summed E-state index contributed by atoms with van der Waals surface area (Å²) in [6, 6.07) is 4.15. The molecule has 1 amide bonds. The third kappa shape index (κ3) is 2.24. The summed E-state index contributed by atoms with van der Waals surface area (Å²) in [7, 11) is 0. The number of nitrogens with one attached hydrogen (secondary N) is 1. The molecule has 19 heavy (non-hydrogen) atoms. The van der Waals surface area contributed by atoms with Gasteiger partial charge in [-0.05, 0) is 35.4 Å². The van der Waals surface area contributed by atoms with Gasteiger partial charge in [-0.3, -0.25) is 4.79 Å². The van der Waals surface area contributed by atoms with E-state index in [4.69, 9.17) is 23.4 Å². The van der Waals surface area contributed by atoms with Gasteiger partial charge in [-0.2, -0.15) is 0 Å². The van der Waals surface area contributed by atoms with E-state index in [1.165, 1.54) is 5.56 Å². The van der Waals surface area contributed by atoms with Crippen molar-refractivity contribution in [3.63, 3.8) is 0 Å². The predicted octanol–water partition coefficient (Wildman–Crippen LogP) is 2.96. The van der Waals surface area contributed by atoms with E-state index in [2.05, 4.69) is 18.3 Å². The van der Waals surface area contributed by atoms with Gasteiger partial charge in [0.25, 0.3) is 5.91 Å². The summed E-state index contributed by atoms with van der Waals surface area (Å²) in [5.41, 5.74) is 2.90. The Kier molecular flexibility index (Phi) is 3.46. The Hall–Kier alpha value is -0.770. The van der Waals surface area contributed by atoms with Crippen LogP contribution >= 0.6 is 23.4 Å². The van der Waals surface area contributed by atoms with E-state index in [0.29, 0.717) is 17.1 Å². The highest BCUT2D eigenvalue weighted by Gasteiger charge is 2.41. The van der Waals surface area contributed by atoms with Crippen LogP contribution in [0.1, 0.15) is 40.7 Å². The highest BCUT2D eigenvalue weighted by molar-refractivity contribution is 6.34. The molecule has 1 saturated heterocycles. The molecule has 0 unspecified atom stereocenters. The van der Waals surface area contributed by atoms with Gasteiger partial charge in [0, 0.05) is 19.0 Å². The van der Waals surface area contributed by atoms with Gasteiger partial charge in [0.1, 0.15) is 0 Å². The molecular formula is C14H16Cl2N2O. The van der Waals surface area contributed by atoms with E-state index >= 15 is 0 Å². The molecule has 5 heteroatoms. The molecule has 0 aromatic heterocycles. The van der Waals surface area contributed by atoms with Gasteiger partial charge in [0.05, 0.1) is 16.6 Å². The zero-order chi connectivity index (χ0) is 13.6. The van der Waals surface area contributed by atoms with Crippen molar-refractivity contribution in [2.75, 3.05) is 13.1 Å². The van der Waals surface area contributed by atoms with Gasteiger partial charge in [0.2, 0.25) is 0 Å². The number of hydrogen-bond acceptors (Lipinski definition) is 2. The lowest BCUT2D eigenvalue weighted by molar-refractivity contribution is 0.0924. The first-order chi connectivity index (χ1) is 9.10. The predicted molar refractivity (Wildman–Crippen MR) is 76.9 cm³/mol. The van der Waals surface area contributed by atoms with Gasteiger partial charge in [-0.1, -0.05) is 31.0 Å². The maximum Gasteiger partial charge on any atom is 0.253 e. The zero-order valence-corrected chi connectivity index (χ0v) is 12.3. The quantitative estimate of drug-likeness (QED) is 0.852. The summed E-state index contributed by atoms with van der Waals surface area (Å²) < 4.78 is 1.74. The summed E-state index contributed by atoms with van der Waals surface area (Å²) in [5, 5.41) is 3.57. The summed E-state index contributed by atoms with van der Waals surface area (Å²) in [6.45, 7) is 3.58. The molecule has 1 aromatic rings. The molecule has 1 fully saturated rings. The molecule has 2 heterocycles. The van der Waals surface area contributed by atoms with Crippen LogP contribution in [0.25, 0.3) is 0 Å². The molecule has 2 aliphatic rings. The molecule has 3 nitrogen and oxygen atoms in total. The molecule has 0 bridgehead atoms. The molecule has 2 atom stereocenters. The minimum absolute atomic E-state index is 0.0729. The summed E-state index contributed by atoms with van der Waals surface area (Å²) in [4.78, 5) is 12.2. The van der Waals surface area contributed by atoms with Crippen molar-refractivity contribution in [2.24, 2.45) is 0 Å². The van der Waals surface area contributed by atoms with Crippen molar-refractivity contribution in [3.8, 4) is 0 Å². The highest BCUT2D eigenvalue weighted by atomic mass is 35.5. The average Bonchev–Trinajstić information content (AvgIpc) is 2.69. The number of carbonyl (C=O) groups excluding carboxylic acids is 1. The third-order valence-corrected chi connectivity index (χ3v) is 4.51. The second-order valence-corrected chi connectivity index (χ2v) is 6.19. The summed E-state index contributed by atoms with van der Waals surface area (Å²) in [6.07, 6.45) is 2.05.